The Morgan fingerprint density at radius 2 is 1.85 bits per heavy atom. The van der Waals surface area contributed by atoms with Gasteiger partial charge in [0.05, 0.1) is 27.0 Å². The molecule has 0 aliphatic carbocycles. The summed E-state index contributed by atoms with van der Waals surface area (Å²) in [6, 6.07) is 13.1. The minimum atomic E-state index is 0.386. The van der Waals surface area contributed by atoms with Crippen LogP contribution in [0.3, 0.4) is 0 Å². The lowest BCUT2D eigenvalue weighted by molar-refractivity contribution is 0.340. The molecule has 3 aromatic rings. The first-order valence-corrected chi connectivity index (χ1v) is 8.74. The molecule has 1 heterocycles. The standard InChI is InChI=1S/C19H20N4O3S/c1-4-26-15-7-5-13(6-8-15)18-21-22-19(27)23(18)20-12-14-11-16(24-2)9-10-17(14)25-3/h5-12H,4H2,1-3H3,(H,22,27)/b20-12+. The molecule has 0 spiro atoms. The molecular formula is C19H20N4O3S. The molecule has 2 aromatic carbocycles. The van der Waals surface area contributed by atoms with Crippen molar-refractivity contribution in [2.75, 3.05) is 20.8 Å². The van der Waals surface area contributed by atoms with Crippen molar-refractivity contribution in [2.24, 2.45) is 5.10 Å². The zero-order valence-corrected chi connectivity index (χ0v) is 16.1. The third-order valence-corrected chi connectivity index (χ3v) is 4.09. The average molecular weight is 384 g/mol. The van der Waals surface area contributed by atoms with Crippen molar-refractivity contribution in [1.82, 2.24) is 14.9 Å². The summed E-state index contributed by atoms with van der Waals surface area (Å²) < 4.78 is 18.1. The van der Waals surface area contributed by atoms with Crippen molar-refractivity contribution < 1.29 is 14.2 Å². The number of nitrogens with one attached hydrogen (secondary N) is 1. The van der Waals surface area contributed by atoms with E-state index in [2.05, 4.69) is 15.3 Å². The third-order valence-electron chi connectivity index (χ3n) is 3.82. The van der Waals surface area contributed by atoms with E-state index in [1.807, 2.05) is 49.4 Å². The Balaban J connectivity index is 1.96. The van der Waals surface area contributed by atoms with Crippen LogP contribution in [0.15, 0.2) is 47.6 Å². The van der Waals surface area contributed by atoms with Crippen LogP contribution in [-0.4, -0.2) is 41.9 Å². The van der Waals surface area contributed by atoms with Crippen molar-refractivity contribution >= 4 is 18.4 Å². The highest BCUT2D eigenvalue weighted by Gasteiger charge is 2.09. The van der Waals surface area contributed by atoms with Gasteiger partial charge in [-0.15, -0.1) is 0 Å². The zero-order valence-electron chi connectivity index (χ0n) is 15.3. The van der Waals surface area contributed by atoms with Gasteiger partial charge in [-0.25, -0.2) is 5.10 Å². The molecule has 3 rings (SSSR count). The second kappa shape index (κ2) is 8.50. The van der Waals surface area contributed by atoms with Crippen molar-refractivity contribution in [3.05, 3.63) is 52.8 Å². The van der Waals surface area contributed by atoms with Crippen LogP contribution in [0.25, 0.3) is 11.4 Å². The first-order chi connectivity index (χ1) is 13.2. The molecule has 0 aliphatic heterocycles. The van der Waals surface area contributed by atoms with E-state index in [9.17, 15) is 0 Å². The van der Waals surface area contributed by atoms with Crippen LogP contribution < -0.4 is 14.2 Å². The molecule has 140 valence electrons. The summed E-state index contributed by atoms with van der Waals surface area (Å²) in [4.78, 5) is 0. The monoisotopic (exact) mass is 384 g/mol. The molecule has 0 amide bonds. The number of methoxy groups -OCH3 is 2. The van der Waals surface area contributed by atoms with Gasteiger partial charge in [-0.1, -0.05) is 0 Å². The van der Waals surface area contributed by atoms with Gasteiger partial charge in [-0.3, -0.25) is 0 Å². The summed E-state index contributed by atoms with van der Waals surface area (Å²) in [5, 5.41) is 11.5. The number of aromatic amines is 1. The molecule has 8 heteroatoms. The van der Waals surface area contributed by atoms with Crippen LogP contribution in [-0.2, 0) is 0 Å². The van der Waals surface area contributed by atoms with Gasteiger partial charge < -0.3 is 14.2 Å². The molecule has 1 N–H and O–H groups in total. The quantitative estimate of drug-likeness (QED) is 0.494. The maximum absolute atomic E-state index is 5.47. The van der Waals surface area contributed by atoms with E-state index in [1.54, 1.807) is 25.1 Å². The van der Waals surface area contributed by atoms with Crippen molar-refractivity contribution in [2.45, 2.75) is 6.92 Å². The highest BCUT2D eigenvalue weighted by atomic mass is 32.1. The molecule has 27 heavy (non-hydrogen) atoms. The van der Waals surface area contributed by atoms with Gasteiger partial charge in [-0.2, -0.15) is 14.9 Å². The van der Waals surface area contributed by atoms with E-state index >= 15 is 0 Å². The number of nitrogens with zero attached hydrogens (tertiary/aromatic N) is 3. The van der Waals surface area contributed by atoms with Crippen molar-refractivity contribution in [1.29, 1.82) is 0 Å². The summed E-state index contributed by atoms with van der Waals surface area (Å²) >= 11 is 5.32. The molecule has 0 radical (unpaired) electrons. The highest BCUT2D eigenvalue weighted by Crippen LogP contribution is 2.24. The van der Waals surface area contributed by atoms with Gasteiger partial charge in [0.15, 0.2) is 5.82 Å². The molecule has 1 aromatic heterocycles. The highest BCUT2D eigenvalue weighted by molar-refractivity contribution is 7.71. The SMILES string of the molecule is CCOc1ccc(-c2n[nH]c(=S)n2/N=C/c2cc(OC)ccc2OC)cc1. The Morgan fingerprint density at radius 1 is 1.11 bits per heavy atom. The average Bonchev–Trinajstić information content (AvgIpc) is 3.07. The summed E-state index contributed by atoms with van der Waals surface area (Å²) in [5.41, 5.74) is 1.62. The number of rotatable bonds is 7. The van der Waals surface area contributed by atoms with E-state index in [-0.39, 0.29) is 0 Å². The predicted octanol–water partition coefficient (Wildman–Crippen LogP) is 3.91. The number of hydrogen-bond acceptors (Lipinski definition) is 6. The van der Waals surface area contributed by atoms with E-state index in [0.717, 1.165) is 16.9 Å². The number of ether oxygens (including phenoxy) is 3. The normalized spacial score (nSPS) is 10.9. The molecular weight excluding hydrogens is 364 g/mol. The summed E-state index contributed by atoms with van der Waals surface area (Å²) in [6.07, 6.45) is 1.66. The van der Waals surface area contributed by atoms with Crippen LogP contribution in [0.5, 0.6) is 17.2 Å². The molecule has 0 atom stereocenters. The number of H-pyrrole nitrogens is 1. The Labute approximate surface area is 162 Å². The van der Waals surface area contributed by atoms with E-state index < -0.39 is 0 Å². The topological polar surface area (TPSA) is 73.7 Å². The smallest absolute Gasteiger partial charge is 0.216 e. The lowest BCUT2D eigenvalue weighted by atomic mass is 10.2. The first kappa shape index (κ1) is 18.7. The molecule has 0 aliphatic rings. The summed E-state index contributed by atoms with van der Waals surface area (Å²) in [6.45, 7) is 2.56. The van der Waals surface area contributed by atoms with Crippen LogP contribution in [0.1, 0.15) is 12.5 Å². The van der Waals surface area contributed by atoms with Gasteiger partial charge in [0.1, 0.15) is 17.2 Å². The van der Waals surface area contributed by atoms with E-state index in [1.165, 1.54) is 0 Å². The zero-order chi connectivity index (χ0) is 19.2. The van der Waals surface area contributed by atoms with Gasteiger partial charge >= 0.3 is 0 Å². The number of aromatic nitrogens is 3. The second-order valence-corrected chi connectivity index (χ2v) is 5.86. The second-order valence-electron chi connectivity index (χ2n) is 5.47. The van der Waals surface area contributed by atoms with Gasteiger partial charge in [0, 0.05) is 11.1 Å². The Bertz CT molecular complexity index is 993. The summed E-state index contributed by atoms with van der Waals surface area (Å²) in [7, 11) is 3.22. The minimum absolute atomic E-state index is 0.386. The van der Waals surface area contributed by atoms with Crippen LogP contribution in [0, 0.1) is 4.77 Å². The van der Waals surface area contributed by atoms with Crippen molar-refractivity contribution in [3.63, 3.8) is 0 Å². The maximum atomic E-state index is 5.47. The molecule has 0 saturated carbocycles. The fourth-order valence-corrected chi connectivity index (χ4v) is 2.69. The fraction of sp³-hybridized carbons (Fsp3) is 0.211. The summed E-state index contributed by atoms with van der Waals surface area (Å²) in [5.74, 6) is 2.78. The van der Waals surface area contributed by atoms with Gasteiger partial charge in [0.2, 0.25) is 4.77 Å². The van der Waals surface area contributed by atoms with Gasteiger partial charge in [0.25, 0.3) is 0 Å². The lowest BCUT2D eigenvalue weighted by Gasteiger charge is -2.07. The minimum Gasteiger partial charge on any atom is -0.497 e. The number of benzene rings is 2. The molecule has 7 nitrogen and oxygen atoms in total. The molecule has 0 saturated heterocycles. The maximum Gasteiger partial charge on any atom is 0.216 e. The fourth-order valence-electron chi connectivity index (χ4n) is 2.51. The third kappa shape index (κ3) is 4.17. The van der Waals surface area contributed by atoms with Crippen molar-refractivity contribution in [3.8, 4) is 28.6 Å². The van der Waals surface area contributed by atoms with Crippen LogP contribution >= 0.6 is 12.2 Å². The Kier molecular flexibility index (Phi) is 5.87. The van der Waals surface area contributed by atoms with Crippen LogP contribution in [0.2, 0.25) is 0 Å². The molecule has 0 bridgehead atoms. The lowest BCUT2D eigenvalue weighted by Crippen LogP contribution is -1.97. The van der Waals surface area contributed by atoms with Gasteiger partial charge in [-0.05, 0) is 61.6 Å². The largest absolute Gasteiger partial charge is 0.497 e. The number of hydrogen-bond donors (Lipinski definition) is 1. The molecule has 0 unspecified atom stereocenters. The first-order valence-electron chi connectivity index (χ1n) is 8.33. The van der Waals surface area contributed by atoms with E-state index in [4.69, 9.17) is 26.4 Å². The predicted molar refractivity (Wildman–Crippen MR) is 107 cm³/mol. The Morgan fingerprint density at radius 3 is 2.52 bits per heavy atom. The Hall–Kier alpha value is -3.13. The van der Waals surface area contributed by atoms with Crippen LogP contribution in [0.4, 0.5) is 0 Å². The molecule has 0 fully saturated rings. The van der Waals surface area contributed by atoms with E-state index in [0.29, 0.717) is 28.7 Å².